The van der Waals surface area contributed by atoms with Crippen LogP contribution in [0.3, 0.4) is 0 Å². The first-order chi connectivity index (χ1) is 22.5. The molecule has 0 radical (unpaired) electrons. The van der Waals surface area contributed by atoms with E-state index in [-0.39, 0.29) is 41.9 Å². The van der Waals surface area contributed by atoms with Gasteiger partial charge in [-0.3, -0.25) is 14.4 Å². The van der Waals surface area contributed by atoms with Crippen molar-refractivity contribution in [3.05, 3.63) is 114 Å². The fraction of sp³-hybridized carbons (Fsp3) is 0.324. The van der Waals surface area contributed by atoms with Crippen LogP contribution >= 0.6 is 0 Å². The predicted octanol–water partition coefficient (Wildman–Crippen LogP) is 5.87. The predicted molar refractivity (Wildman–Crippen MR) is 183 cm³/mol. The van der Waals surface area contributed by atoms with E-state index in [1.165, 1.54) is 0 Å². The standard InChI is InChI=1S/C37H43N3O6S/c1-26-10-17-34(18-11-26)47(43,44)38-31-14-19-35-30(20-31)21-37(42)40(28(3)25-41)22-27(2)36(46-35)24-39(4)23-29-12-15-33(16-13-29)45-32-8-6-5-7-9-32/h5-20,27-28,36,38,41H,21-25H2,1-4H3/t27-,28-,36-/m1/s1. The number of anilines is 1. The van der Waals surface area contributed by atoms with Crippen LogP contribution in [0.5, 0.6) is 17.2 Å². The Bertz CT molecular complexity index is 1750. The smallest absolute Gasteiger partial charge is 0.261 e. The minimum atomic E-state index is -3.84. The molecule has 9 nitrogen and oxygen atoms in total. The van der Waals surface area contributed by atoms with Gasteiger partial charge in [0.15, 0.2) is 0 Å². The molecule has 0 spiro atoms. The van der Waals surface area contributed by atoms with Gasteiger partial charge in [0.1, 0.15) is 23.4 Å². The molecular weight excluding hydrogens is 614 g/mol. The zero-order chi connectivity index (χ0) is 33.6. The number of carbonyl (C=O) groups excluding carboxylic acids is 1. The molecule has 3 atom stereocenters. The van der Waals surface area contributed by atoms with Crippen molar-refractivity contribution in [2.75, 3.05) is 31.5 Å². The number of nitrogens with zero attached hydrogens (tertiary/aromatic N) is 2. The summed E-state index contributed by atoms with van der Waals surface area (Å²) in [5.41, 5.74) is 2.98. The number of aliphatic hydroxyl groups excluding tert-OH is 1. The molecule has 2 N–H and O–H groups in total. The molecule has 1 heterocycles. The number of hydrogen-bond donors (Lipinski definition) is 2. The number of aryl methyl sites for hydroxylation is 1. The lowest BCUT2D eigenvalue weighted by atomic mass is 10.0. The normalized spacial score (nSPS) is 17.6. The maximum atomic E-state index is 13.6. The summed E-state index contributed by atoms with van der Waals surface area (Å²) in [4.78, 5) is 17.6. The van der Waals surface area contributed by atoms with Crippen LogP contribution < -0.4 is 14.2 Å². The second-order valence-electron chi connectivity index (χ2n) is 12.4. The van der Waals surface area contributed by atoms with Gasteiger partial charge in [-0.05, 0) is 81.1 Å². The molecule has 0 aliphatic carbocycles. The molecule has 0 aromatic heterocycles. The molecule has 248 valence electrons. The molecule has 4 aromatic rings. The van der Waals surface area contributed by atoms with Crippen LogP contribution in [0.15, 0.2) is 102 Å². The number of amides is 1. The third-order valence-corrected chi connectivity index (χ3v) is 9.74. The van der Waals surface area contributed by atoms with Crippen LogP contribution in [-0.2, 0) is 27.8 Å². The van der Waals surface area contributed by atoms with Crippen molar-refractivity contribution in [2.24, 2.45) is 5.92 Å². The second-order valence-corrected chi connectivity index (χ2v) is 14.1. The first kappa shape index (κ1) is 34.0. The SMILES string of the molecule is Cc1ccc(S(=O)(=O)Nc2ccc3c(c2)CC(=O)N([C@H](C)CO)C[C@@H](C)[C@@H](CN(C)Cc2ccc(Oc4ccccc4)cc2)O3)cc1. The van der Waals surface area contributed by atoms with E-state index in [9.17, 15) is 18.3 Å². The molecule has 0 fully saturated rings. The van der Waals surface area contributed by atoms with Crippen molar-refractivity contribution >= 4 is 21.6 Å². The Morgan fingerprint density at radius 1 is 1.00 bits per heavy atom. The molecule has 10 heteroatoms. The second kappa shape index (κ2) is 15.0. The number of nitrogens with one attached hydrogen (secondary N) is 1. The third kappa shape index (κ3) is 8.91. The Balaban J connectivity index is 1.34. The molecule has 47 heavy (non-hydrogen) atoms. The molecule has 0 saturated heterocycles. The van der Waals surface area contributed by atoms with E-state index < -0.39 is 10.0 Å². The Labute approximate surface area is 277 Å². The van der Waals surface area contributed by atoms with E-state index in [0.717, 1.165) is 22.6 Å². The number of hydrogen-bond acceptors (Lipinski definition) is 7. The van der Waals surface area contributed by atoms with Gasteiger partial charge in [0, 0.05) is 36.8 Å². The Kier molecular flexibility index (Phi) is 10.9. The molecule has 5 rings (SSSR count). The van der Waals surface area contributed by atoms with Gasteiger partial charge in [-0.2, -0.15) is 0 Å². The number of likely N-dealkylation sites (N-methyl/N-ethyl adjacent to an activating group) is 1. The Morgan fingerprint density at radius 3 is 2.36 bits per heavy atom. The summed E-state index contributed by atoms with van der Waals surface area (Å²) in [6.07, 6.45) is -0.291. The maximum Gasteiger partial charge on any atom is 0.261 e. The van der Waals surface area contributed by atoms with Crippen molar-refractivity contribution in [1.82, 2.24) is 9.80 Å². The summed E-state index contributed by atoms with van der Waals surface area (Å²) in [5.74, 6) is 1.85. The van der Waals surface area contributed by atoms with Crippen LogP contribution in [0.25, 0.3) is 0 Å². The van der Waals surface area contributed by atoms with Gasteiger partial charge in [0.25, 0.3) is 10.0 Å². The summed E-state index contributed by atoms with van der Waals surface area (Å²) < 4.78 is 41.4. The molecular formula is C37H43N3O6S. The highest BCUT2D eigenvalue weighted by Gasteiger charge is 2.31. The minimum Gasteiger partial charge on any atom is -0.488 e. The van der Waals surface area contributed by atoms with Gasteiger partial charge in [-0.25, -0.2) is 8.42 Å². The summed E-state index contributed by atoms with van der Waals surface area (Å²) in [6.45, 7) is 7.24. The summed E-state index contributed by atoms with van der Waals surface area (Å²) in [7, 11) is -1.81. The fourth-order valence-corrected chi connectivity index (χ4v) is 6.66. The fourth-order valence-electron chi connectivity index (χ4n) is 5.61. The lowest BCUT2D eigenvalue weighted by molar-refractivity contribution is -0.134. The van der Waals surface area contributed by atoms with E-state index in [0.29, 0.717) is 36.6 Å². The lowest BCUT2D eigenvalue weighted by Gasteiger charge is -2.34. The molecule has 0 saturated carbocycles. The molecule has 1 aliphatic rings. The average Bonchev–Trinajstić information content (AvgIpc) is 3.09. The quantitative estimate of drug-likeness (QED) is 0.208. The number of fused-ring (bicyclic) bond motifs is 1. The zero-order valence-corrected chi connectivity index (χ0v) is 28.1. The summed E-state index contributed by atoms with van der Waals surface area (Å²) in [6, 6.07) is 28.9. The first-order valence-electron chi connectivity index (χ1n) is 15.8. The van der Waals surface area contributed by atoms with Gasteiger partial charge in [-0.1, -0.05) is 55.0 Å². The van der Waals surface area contributed by atoms with Crippen molar-refractivity contribution in [1.29, 1.82) is 0 Å². The highest BCUT2D eigenvalue weighted by molar-refractivity contribution is 7.92. The number of sulfonamides is 1. The average molecular weight is 658 g/mol. The number of ether oxygens (including phenoxy) is 2. The largest absolute Gasteiger partial charge is 0.488 e. The van der Waals surface area contributed by atoms with Gasteiger partial charge >= 0.3 is 0 Å². The van der Waals surface area contributed by atoms with Gasteiger partial charge < -0.3 is 19.5 Å². The molecule has 0 bridgehead atoms. The van der Waals surface area contributed by atoms with Gasteiger partial charge in [0.2, 0.25) is 5.91 Å². The van der Waals surface area contributed by atoms with E-state index in [4.69, 9.17) is 9.47 Å². The highest BCUT2D eigenvalue weighted by Crippen LogP contribution is 2.30. The van der Waals surface area contributed by atoms with Crippen molar-refractivity contribution in [2.45, 2.75) is 50.8 Å². The zero-order valence-electron chi connectivity index (χ0n) is 27.3. The number of rotatable bonds is 11. The van der Waals surface area contributed by atoms with Crippen LogP contribution in [0.4, 0.5) is 5.69 Å². The van der Waals surface area contributed by atoms with Gasteiger partial charge in [0.05, 0.1) is 24.0 Å². The Morgan fingerprint density at radius 2 is 1.68 bits per heavy atom. The van der Waals surface area contributed by atoms with Crippen LogP contribution in [-0.4, -0.2) is 68.1 Å². The molecule has 0 unspecified atom stereocenters. The van der Waals surface area contributed by atoms with E-state index in [1.807, 2.05) is 82.4 Å². The monoisotopic (exact) mass is 657 g/mol. The molecule has 1 amide bonds. The van der Waals surface area contributed by atoms with Gasteiger partial charge in [-0.15, -0.1) is 0 Å². The molecule has 1 aliphatic heterocycles. The van der Waals surface area contributed by atoms with Crippen LogP contribution in [0.2, 0.25) is 0 Å². The number of aliphatic hydroxyl groups is 1. The van der Waals surface area contributed by atoms with Crippen LogP contribution in [0.1, 0.15) is 30.5 Å². The van der Waals surface area contributed by atoms with Crippen molar-refractivity contribution < 1.29 is 27.8 Å². The topological polar surface area (TPSA) is 108 Å². The maximum absolute atomic E-state index is 13.6. The van der Waals surface area contributed by atoms with Crippen LogP contribution in [0, 0.1) is 12.8 Å². The van der Waals surface area contributed by atoms with Crippen molar-refractivity contribution in [3.63, 3.8) is 0 Å². The molecule has 4 aromatic carbocycles. The highest BCUT2D eigenvalue weighted by atomic mass is 32.2. The van der Waals surface area contributed by atoms with Crippen molar-refractivity contribution in [3.8, 4) is 17.2 Å². The van der Waals surface area contributed by atoms with E-state index in [1.54, 1.807) is 47.4 Å². The number of para-hydroxylation sites is 1. The summed E-state index contributed by atoms with van der Waals surface area (Å²) >= 11 is 0. The number of benzene rings is 4. The summed E-state index contributed by atoms with van der Waals surface area (Å²) in [5, 5.41) is 9.97. The first-order valence-corrected chi connectivity index (χ1v) is 17.3. The van der Waals surface area contributed by atoms with E-state index in [2.05, 4.69) is 9.62 Å². The minimum absolute atomic E-state index is 0.00640. The number of carbonyl (C=O) groups is 1. The Hall–Kier alpha value is -4.38. The van der Waals surface area contributed by atoms with E-state index >= 15 is 0 Å². The lowest BCUT2D eigenvalue weighted by Crippen LogP contribution is -2.47. The third-order valence-electron chi connectivity index (χ3n) is 8.35.